The lowest BCUT2D eigenvalue weighted by Crippen LogP contribution is -2.35. The number of halogens is 1. The molecule has 7 heteroatoms. The van der Waals surface area contributed by atoms with Gasteiger partial charge in [-0.25, -0.2) is 9.18 Å². The van der Waals surface area contributed by atoms with Crippen molar-refractivity contribution in [3.8, 4) is 0 Å². The van der Waals surface area contributed by atoms with Crippen LogP contribution >= 0.6 is 0 Å². The van der Waals surface area contributed by atoms with Gasteiger partial charge >= 0.3 is 5.69 Å². The zero-order valence-electron chi connectivity index (χ0n) is 9.64. The Balaban J connectivity index is 2.96. The molecule has 0 saturated carbocycles. The zero-order valence-corrected chi connectivity index (χ0v) is 9.64. The van der Waals surface area contributed by atoms with E-state index >= 15 is 0 Å². The molecule has 1 heterocycles. The summed E-state index contributed by atoms with van der Waals surface area (Å²) in [5.41, 5.74) is -0.757. The lowest BCUT2D eigenvalue weighted by atomic mass is 10.4. The van der Waals surface area contributed by atoms with Crippen LogP contribution in [0.3, 0.4) is 0 Å². The van der Waals surface area contributed by atoms with Crippen molar-refractivity contribution in [1.82, 2.24) is 9.55 Å². The monoisotopic (exact) mass is 246 g/mol. The highest BCUT2D eigenvalue weighted by Gasteiger charge is 2.15. The maximum atomic E-state index is 12.3. The van der Waals surface area contributed by atoms with Crippen molar-refractivity contribution in [2.45, 2.75) is 26.2 Å². The van der Waals surface area contributed by atoms with Gasteiger partial charge in [0.1, 0.15) is 19.0 Å². The summed E-state index contributed by atoms with van der Waals surface area (Å²) in [5.74, 6) is 0. The molecule has 0 aliphatic rings. The van der Waals surface area contributed by atoms with E-state index in [-0.39, 0.29) is 0 Å². The maximum Gasteiger partial charge on any atom is 0.330 e. The minimum absolute atomic E-state index is 0.348. The second kappa shape index (κ2) is 5.74. The molecule has 0 aromatic carbocycles. The van der Waals surface area contributed by atoms with Crippen molar-refractivity contribution >= 4 is 0 Å². The molecule has 2 atom stereocenters. The minimum Gasteiger partial charge on any atom is -0.394 e. The molecule has 0 fully saturated rings. The van der Waals surface area contributed by atoms with Gasteiger partial charge < -0.3 is 9.84 Å². The average molecular weight is 246 g/mol. The molecule has 1 rings (SSSR count). The molecular weight excluding hydrogens is 231 g/mol. The van der Waals surface area contributed by atoms with Gasteiger partial charge in [-0.05, 0) is 13.8 Å². The highest BCUT2D eigenvalue weighted by molar-refractivity contribution is 5.01. The number of aliphatic hydroxyl groups is 1. The van der Waals surface area contributed by atoms with Crippen molar-refractivity contribution < 1.29 is 14.2 Å². The number of ether oxygens (including phenoxy) is 1. The third-order valence-corrected chi connectivity index (χ3v) is 2.30. The topological polar surface area (TPSA) is 84.3 Å². The van der Waals surface area contributed by atoms with Gasteiger partial charge in [0.25, 0.3) is 5.56 Å². The number of hydrogen-bond acceptors (Lipinski definition) is 4. The number of H-pyrrole nitrogens is 1. The summed E-state index contributed by atoms with van der Waals surface area (Å²) in [5, 5.41) is 8.78. The second-order valence-corrected chi connectivity index (χ2v) is 3.67. The summed E-state index contributed by atoms with van der Waals surface area (Å²) in [4.78, 5) is 24.7. The molecule has 0 saturated heterocycles. The van der Waals surface area contributed by atoms with Crippen LogP contribution in [-0.2, 0) is 4.74 Å². The van der Waals surface area contributed by atoms with E-state index in [9.17, 15) is 14.0 Å². The van der Waals surface area contributed by atoms with Gasteiger partial charge in [-0.3, -0.25) is 14.3 Å². The molecule has 1 aromatic rings. The third-order valence-electron chi connectivity index (χ3n) is 2.30. The third kappa shape index (κ3) is 3.24. The normalized spacial score (nSPS) is 14.6. The van der Waals surface area contributed by atoms with Gasteiger partial charge in [0.2, 0.25) is 0 Å². The van der Waals surface area contributed by atoms with E-state index in [0.29, 0.717) is 5.56 Å². The van der Waals surface area contributed by atoms with Gasteiger partial charge in [0, 0.05) is 11.8 Å². The summed E-state index contributed by atoms with van der Waals surface area (Å²) in [7, 11) is 0. The van der Waals surface area contributed by atoms with E-state index in [1.54, 1.807) is 6.92 Å². The molecule has 0 aliphatic heterocycles. The lowest BCUT2D eigenvalue weighted by molar-refractivity contribution is -0.0756. The maximum absolute atomic E-state index is 12.3. The van der Waals surface area contributed by atoms with Gasteiger partial charge in [0.05, 0.1) is 6.61 Å². The Morgan fingerprint density at radius 1 is 1.59 bits per heavy atom. The van der Waals surface area contributed by atoms with E-state index in [4.69, 9.17) is 9.84 Å². The first-order valence-electron chi connectivity index (χ1n) is 5.14. The Bertz CT molecular complexity index is 478. The molecule has 2 N–H and O–H groups in total. The summed E-state index contributed by atoms with van der Waals surface area (Å²) < 4.78 is 18.6. The van der Waals surface area contributed by atoms with Crippen LogP contribution < -0.4 is 11.2 Å². The van der Waals surface area contributed by atoms with E-state index in [1.165, 1.54) is 13.1 Å². The van der Waals surface area contributed by atoms with Gasteiger partial charge in [0.15, 0.2) is 0 Å². The minimum atomic E-state index is -0.982. The fraction of sp³-hybridized carbons (Fsp3) is 0.600. The molecule has 0 bridgehead atoms. The number of nitrogens with zero attached hydrogens (tertiary/aromatic N) is 1. The predicted octanol–water partition coefficient (Wildman–Crippen LogP) is -0.289. The number of aryl methyl sites for hydroxylation is 1. The Labute approximate surface area is 96.7 Å². The van der Waals surface area contributed by atoms with Crippen molar-refractivity contribution in [3.63, 3.8) is 0 Å². The van der Waals surface area contributed by atoms with E-state index < -0.39 is 36.9 Å². The molecule has 0 amide bonds. The Kier molecular flexibility index (Phi) is 4.59. The van der Waals surface area contributed by atoms with Crippen LogP contribution in [0.1, 0.15) is 18.7 Å². The lowest BCUT2D eigenvalue weighted by Gasteiger charge is -2.20. The number of aromatic amines is 1. The highest BCUT2D eigenvalue weighted by Crippen LogP contribution is 2.08. The number of hydrogen-bond donors (Lipinski definition) is 2. The first-order chi connectivity index (χ1) is 7.99. The molecule has 1 aromatic heterocycles. The predicted molar refractivity (Wildman–Crippen MR) is 58.7 cm³/mol. The van der Waals surface area contributed by atoms with Crippen LogP contribution in [0.15, 0.2) is 15.8 Å². The Morgan fingerprint density at radius 3 is 2.76 bits per heavy atom. The van der Waals surface area contributed by atoms with Crippen molar-refractivity contribution in [3.05, 3.63) is 32.6 Å². The highest BCUT2D eigenvalue weighted by atomic mass is 19.1. The summed E-state index contributed by atoms with van der Waals surface area (Å²) in [6.07, 6.45) is -0.423. The quantitative estimate of drug-likeness (QED) is 0.747. The largest absolute Gasteiger partial charge is 0.394 e. The molecule has 17 heavy (non-hydrogen) atoms. The summed E-state index contributed by atoms with van der Waals surface area (Å²) in [6, 6.07) is 0. The van der Waals surface area contributed by atoms with Crippen LogP contribution in [0.2, 0.25) is 0 Å². The number of aliphatic hydroxyl groups excluding tert-OH is 1. The number of rotatable bonds is 5. The zero-order chi connectivity index (χ0) is 13.0. The molecule has 2 unspecified atom stereocenters. The van der Waals surface area contributed by atoms with Crippen molar-refractivity contribution in [2.24, 2.45) is 0 Å². The number of aromatic nitrogens is 2. The van der Waals surface area contributed by atoms with Crippen LogP contribution in [0.4, 0.5) is 4.39 Å². The molecule has 96 valence electrons. The fourth-order valence-electron chi connectivity index (χ4n) is 1.33. The molecule has 0 radical (unpaired) electrons. The van der Waals surface area contributed by atoms with Gasteiger partial charge in [-0.1, -0.05) is 0 Å². The molecule has 6 nitrogen and oxygen atoms in total. The standard InChI is InChI=1S/C10H15FN2O4/c1-6-4-13(10(16)12-9(6)15)7(2)17-8(3-11)5-14/h4,7-8,14H,3,5H2,1-2H3,(H,12,15,16). The van der Waals surface area contributed by atoms with E-state index in [0.717, 1.165) is 4.57 Å². The molecular formula is C10H15FN2O4. The van der Waals surface area contributed by atoms with Gasteiger partial charge in [-0.2, -0.15) is 0 Å². The van der Waals surface area contributed by atoms with Crippen molar-refractivity contribution in [1.29, 1.82) is 0 Å². The number of alkyl halides is 1. The Hall–Kier alpha value is -1.47. The van der Waals surface area contributed by atoms with Crippen LogP contribution in [0.25, 0.3) is 0 Å². The Morgan fingerprint density at radius 2 is 2.24 bits per heavy atom. The fourth-order valence-corrected chi connectivity index (χ4v) is 1.33. The molecule has 0 spiro atoms. The van der Waals surface area contributed by atoms with Crippen LogP contribution in [0.5, 0.6) is 0 Å². The summed E-state index contributed by atoms with van der Waals surface area (Å²) in [6.45, 7) is 1.74. The second-order valence-electron chi connectivity index (χ2n) is 3.67. The van der Waals surface area contributed by atoms with Gasteiger partial charge in [-0.15, -0.1) is 0 Å². The van der Waals surface area contributed by atoms with E-state index in [1.807, 2.05) is 0 Å². The van der Waals surface area contributed by atoms with Crippen molar-refractivity contribution in [2.75, 3.05) is 13.3 Å². The smallest absolute Gasteiger partial charge is 0.330 e. The van der Waals surface area contributed by atoms with E-state index in [2.05, 4.69) is 4.98 Å². The first-order valence-corrected chi connectivity index (χ1v) is 5.14. The SMILES string of the molecule is Cc1cn(C(C)OC(CO)CF)c(=O)[nH]c1=O. The number of nitrogens with one attached hydrogen (secondary N) is 1. The summed E-state index contributed by atoms with van der Waals surface area (Å²) >= 11 is 0. The van der Waals surface area contributed by atoms with Crippen LogP contribution in [0, 0.1) is 6.92 Å². The molecule has 0 aliphatic carbocycles. The average Bonchev–Trinajstić information content (AvgIpc) is 2.30. The van der Waals surface area contributed by atoms with Crippen LogP contribution in [-0.4, -0.2) is 34.0 Å². The first kappa shape index (κ1) is 13.6.